The van der Waals surface area contributed by atoms with E-state index in [1.54, 1.807) is 0 Å². The first-order valence-corrected chi connectivity index (χ1v) is 11.3. The maximum absolute atomic E-state index is 12.4. The summed E-state index contributed by atoms with van der Waals surface area (Å²) in [4.78, 5) is 12.4. The normalized spacial score (nSPS) is 18.0. The average Bonchev–Trinajstić information content (AvgIpc) is 3.51. The largest absolute Gasteiger partial charge is 0.491 e. The van der Waals surface area contributed by atoms with Gasteiger partial charge in [0, 0.05) is 29.1 Å². The molecule has 0 amide bonds. The Hall–Kier alpha value is -2.40. The molecule has 1 heterocycles. The van der Waals surface area contributed by atoms with Crippen molar-refractivity contribution in [1.29, 1.82) is 0 Å². The van der Waals surface area contributed by atoms with Crippen molar-refractivity contribution in [3.05, 3.63) is 52.5 Å². The summed E-state index contributed by atoms with van der Waals surface area (Å²) in [5.74, 6) is 1.96. The first-order valence-electron chi connectivity index (χ1n) is 10.9. The van der Waals surface area contributed by atoms with Gasteiger partial charge in [-0.1, -0.05) is 29.8 Å². The predicted molar refractivity (Wildman–Crippen MR) is 122 cm³/mol. The molecule has 0 spiro atoms. The van der Waals surface area contributed by atoms with Crippen molar-refractivity contribution < 1.29 is 19.0 Å². The minimum absolute atomic E-state index is 0.160. The Morgan fingerprint density at radius 2 is 1.97 bits per heavy atom. The zero-order valence-electron chi connectivity index (χ0n) is 18.4. The summed E-state index contributed by atoms with van der Waals surface area (Å²) in [6.45, 7) is 7.09. The Labute approximate surface area is 189 Å². The molecule has 5 nitrogen and oxygen atoms in total. The number of ether oxygens (including phenoxy) is 3. The van der Waals surface area contributed by atoms with Crippen molar-refractivity contribution in [3.63, 3.8) is 0 Å². The van der Waals surface area contributed by atoms with Crippen molar-refractivity contribution in [2.45, 2.75) is 58.2 Å². The Morgan fingerprint density at radius 3 is 2.71 bits per heavy atom. The van der Waals surface area contributed by atoms with Gasteiger partial charge in [-0.2, -0.15) is 0 Å². The maximum atomic E-state index is 12.4. The lowest BCUT2D eigenvalue weighted by Gasteiger charge is -2.29. The van der Waals surface area contributed by atoms with E-state index in [0.717, 1.165) is 35.0 Å². The molecule has 6 heteroatoms. The van der Waals surface area contributed by atoms with Crippen LogP contribution in [0.1, 0.15) is 57.3 Å². The van der Waals surface area contributed by atoms with Gasteiger partial charge in [0.15, 0.2) is 0 Å². The van der Waals surface area contributed by atoms with Gasteiger partial charge in [0.25, 0.3) is 0 Å². The number of nitrogens with one attached hydrogen (secondary N) is 1. The van der Waals surface area contributed by atoms with Crippen LogP contribution in [0.3, 0.4) is 0 Å². The third kappa shape index (κ3) is 5.85. The second-order valence-electron chi connectivity index (χ2n) is 9.31. The summed E-state index contributed by atoms with van der Waals surface area (Å²) in [6.07, 6.45) is 3.21. The molecule has 0 aromatic heterocycles. The molecule has 1 fully saturated rings. The number of hydrogen-bond donors (Lipinski definition) is 1. The van der Waals surface area contributed by atoms with E-state index in [0.29, 0.717) is 23.8 Å². The number of carbonyl (C=O) groups excluding carboxylic acids is 1. The van der Waals surface area contributed by atoms with Gasteiger partial charge < -0.3 is 19.5 Å². The third-order valence-electron chi connectivity index (χ3n) is 5.33. The summed E-state index contributed by atoms with van der Waals surface area (Å²) >= 11 is 6.43. The van der Waals surface area contributed by atoms with E-state index < -0.39 is 5.60 Å². The number of para-hydroxylation sites is 1. The van der Waals surface area contributed by atoms with Crippen molar-refractivity contribution in [2.75, 3.05) is 18.5 Å². The number of rotatable bonds is 7. The molecular weight excluding hydrogens is 414 g/mol. The van der Waals surface area contributed by atoms with Gasteiger partial charge in [-0.05, 0) is 57.7 Å². The van der Waals surface area contributed by atoms with Crippen molar-refractivity contribution >= 4 is 23.3 Å². The van der Waals surface area contributed by atoms with Gasteiger partial charge in [-0.25, -0.2) is 0 Å². The average molecular weight is 444 g/mol. The van der Waals surface area contributed by atoms with Crippen LogP contribution in [0.25, 0.3) is 0 Å². The fraction of sp³-hybridized carbons (Fsp3) is 0.480. The summed E-state index contributed by atoms with van der Waals surface area (Å²) in [6, 6.07) is 11.4. The fourth-order valence-corrected chi connectivity index (χ4v) is 3.95. The number of fused-ring (bicyclic) bond motifs is 1. The summed E-state index contributed by atoms with van der Waals surface area (Å²) in [7, 11) is 0. The number of halogens is 1. The Bertz CT molecular complexity index is 949. The lowest BCUT2D eigenvalue weighted by Crippen LogP contribution is -2.25. The second-order valence-corrected chi connectivity index (χ2v) is 9.75. The minimum atomic E-state index is -0.521. The second kappa shape index (κ2) is 8.99. The summed E-state index contributed by atoms with van der Waals surface area (Å²) in [5, 5.41) is 4.14. The van der Waals surface area contributed by atoms with Crippen LogP contribution in [0.4, 0.5) is 5.69 Å². The van der Waals surface area contributed by atoms with Crippen molar-refractivity contribution in [1.82, 2.24) is 0 Å². The highest BCUT2D eigenvalue weighted by Gasteiger charge is 2.28. The number of esters is 1. The van der Waals surface area contributed by atoms with E-state index in [9.17, 15) is 4.79 Å². The van der Waals surface area contributed by atoms with Crippen LogP contribution in [0.5, 0.6) is 11.5 Å². The molecule has 0 bridgehead atoms. The van der Waals surface area contributed by atoms with E-state index in [-0.39, 0.29) is 18.5 Å². The highest BCUT2D eigenvalue weighted by molar-refractivity contribution is 6.31. The topological polar surface area (TPSA) is 56.8 Å². The van der Waals surface area contributed by atoms with Crippen LogP contribution < -0.4 is 14.8 Å². The van der Waals surface area contributed by atoms with E-state index in [1.165, 1.54) is 12.8 Å². The van der Waals surface area contributed by atoms with Crippen molar-refractivity contribution in [3.8, 4) is 11.5 Å². The highest BCUT2D eigenvalue weighted by atomic mass is 35.5. The van der Waals surface area contributed by atoms with E-state index in [2.05, 4.69) is 5.32 Å². The molecule has 2 aromatic rings. The molecule has 2 aliphatic rings. The smallest absolute Gasteiger partial charge is 0.310 e. The first kappa shape index (κ1) is 21.8. The van der Waals surface area contributed by atoms with Crippen LogP contribution in [0, 0.1) is 5.92 Å². The van der Waals surface area contributed by atoms with E-state index in [4.69, 9.17) is 25.8 Å². The van der Waals surface area contributed by atoms with Gasteiger partial charge in [-0.3, -0.25) is 4.79 Å². The molecule has 1 aliphatic heterocycles. The molecule has 1 saturated carbocycles. The molecule has 1 unspecified atom stereocenters. The van der Waals surface area contributed by atoms with E-state index in [1.807, 2.05) is 57.2 Å². The molecule has 4 rings (SSSR count). The number of anilines is 1. The number of hydrogen-bond acceptors (Lipinski definition) is 5. The molecule has 166 valence electrons. The SMILES string of the molecule is CC(C)(C)OC(=O)Cc1ccccc1OC1CCOc2c(NCC3CC3)cc(Cl)cc21. The van der Waals surface area contributed by atoms with Gasteiger partial charge in [0.05, 0.1) is 18.7 Å². The molecule has 0 radical (unpaired) electrons. The molecule has 31 heavy (non-hydrogen) atoms. The van der Waals surface area contributed by atoms with Gasteiger partial charge in [-0.15, -0.1) is 0 Å². The maximum Gasteiger partial charge on any atom is 0.310 e. The van der Waals surface area contributed by atoms with Gasteiger partial charge in [0.1, 0.15) is 23.2 Å². The van der Waals surface area contributed by atoms with Crippen LogP contribution in [-0.2, 0) is 16.0 Å². The zero-order valence-corrected chi connectivity index (χ0v) is 19.1. The zero-order chi connectivity index (χ0) is 22.0. The van der Waals surface area contributed by atoms with Gasteiger partial charge in [0.2, 0.25) is 0 Å². The van der Waals surface area contributed by atoms with Gasteiger partial charge >= 0.3 is 5.97 Å². The molecular formula is C25H30ClNO4. The number of carbonyl (C=O) groups is 1. The Kier molecular flexibility index (Phi) is 6.33. The van der Waals surface area contributed by atoms with E-state index >= 15 is 0 Å². The standard InChI is InChI=1S/C25H30ClNO4/c1-25(2,3)31-23(28)12-17-6-4-5-7-21(17)30-22-10-11-29-24-19(22)13-18(26)14-20(24)27-15-16-8-9-16/h4-7,13-14,16,22,27H,8-12,15H2,1-3H3. The highest BCUT2D eigenvalue weighted by Crippen LogP contribution is 2.43. The van der Waals surface area contributed by atoms with Crippen LogP contribution >= 0.6 is 11.6 Å². The fourth-order valence-electron chi connectivity index (χ4n) is 3.72. The van der Waals surface area contributed by atoms with Crippen LogP contribution in [0.15, 0.2) is 36.4 Å². The summed E-state index contributed by atoms with van der Waals surface area (Å²) < 4.78 is 17.9. The molecule has 1 N–H and O–H groups in total. The number of benzene rings is 2. The van der Waals surface area contributed by atoms with Crippen molar-refractivity contribution in [2.24, 2.45) is 5.92 Å². The monoisotopic (exact) mass is 443 g/mol. The molecule has 1 atom stereocenters. The third-order valence-corrected chi connectivity index (χ3v) is 5.55. The predicted octanol–water partition coefficient (Wildman–Crippen LogP) is 5.95. The van der Waals surface area contributed by atoms with Crippen LogP contribution in [-0.4, -0.2) is 24.7 Å². The summed E-state index contributed by atoms with van der Waals surface area (Å²) in [5.41, 5.74) is 2.14. The molecule has 0 saturated heterocycles. The first-order chi connectivity index (χ1) is 14.8. The molecule has 1 aliphatic carbocycles. The lowest BCUT2D eigenvalue weighted by atomic mass is 10.0. The quantitative estimate of drug-likeness (QED) is 0.536. The Morgan fingerprint density at radius 1 is 1.19 bits per heavy atom. The van der Waals surface area contributed by atoms with Crippen LogP contribution in [0.2, 0.25) is 5.02 Å². The minimum Gasteiger partial charge on any atom is -0.491 e. The Balaban J connectivity index is 1.54. The lowest BCUT2D eigenvalue weighted by molar-refractivity contribution is -0.153. The molecule has 2 aromatic carbocycles.